The number of amides is 1. The topological polar surface area (TPSA) is 68.0 Å². The van der Waals surface area contributed by atoms with Crippen LogP contribution >= 0.6 is 11.3 Å². The molecule has 0 bridgehead atoms. The molecule has 0 unspecified atom stereocenters. The van der Waals surface area contributed by atoms with E-state index < -0.39 is 0 Å². The number of nitrogens with zero attached hydrogens (tertiary/aromatic N) is 1. The predicted molar refractivity (Wildman–Crippen MR) is 78.7 cm³/mol. The lowest BCUT2D eigenvalue weighted by molar-refractivity contribution is -0.116. The zero-order valence-corrected chi connectivity index (χ0v) is 11.2. The fourth-order valence-corrected chi connectivity index (χ4v) is 2.13. The minimum atomic E-state index is -0.103. The number of nitrogens with one attached hydrogen (secondary N) is 1. The summed E-state index contributed by atoms with van der Waals surface area (Å²) in [5, 5.41) is 5.78. The van der Waals surface area contributed by atoms with Crippen LogP contribution in [0.2, 0.25) is 0 Å². The second kappa shape index (κ2) is 6.70. The Morgan fingerprint density at radius 2 is 2.16 bits per heavy atom. The second-order valence-electron chi connectivity index (χ2n) is 3.97. The van der Waals surface area contributed by atoms with E-state index in [1.807, 2.05) is 17.5 Å². The minimum absolute atomic E-state index is 0.103. The van der Waals surface area contributed by atoms with Gasteiger partial charge < -0.3 is 11.1 Å². The minimum Gasteiger partial charge on any atom is -0.399 e. The summed E-state index contributed by atoms with van der Waals surface area (Å²) in [6, 6.07) is 7.35. The molecule has 19 heavy (non-hydrogen) atoms. The van der Waals surface area contributed by atoms with Gasteiger partial charge in [-0.1, -0.05) is 12.1 Å². The Kier molecular flexibility index (Phi) is 4.69. The Hall–Kier alpha value is -2.14. The number of hydrogen-bond acceptors (Lipinski definition) is 4. The Balaban J connectivity index is 1.76. The van der Waals surface area contributed by atoms with Crippen LogP contribution in [0, 0.1) is 0 Å². The molecular weight excluding hydrogens is 258 g/mol. The van der Waals surface area contributed by atoms with Gasteiger partial charge in [0.25, 0.3) is 0 Å². The molecule has 1 aromatic heterocycles. The summed E-state index contributed by atoms with van der Waals surface area (Å²) in [6.45, 7) is 0.596. The number of carbonyl (C=O) groups excluding carboxylic acids is 1. The maximum atomic E-state index is 11.6. The summed E-state index contributed by atoms with van der Waals surface area (Å²) in [5.74, 6) is -0.103. The Morgan fingerprint density at radius 3 is 2.84 bits per heavy atom. The number of rotatable bonds is 5. The van der Waals surface area contributed by atoms with Gasteiger partial charge in [-0.3, -0.25) is 4.79 Å². The predicted octanol–water partition coefficient (Wildman–Crippen LogP) is 2.10. The molecule has 2 rings (SSSR count). The summed E-state index contributed by atoms with van der Waals surface area (Å²) in [5.41, 5.74) is 7.25. The summed E-state index contributed by atoms with van der Waals surface area (Å²) < 4.78 is 0. The zero-order chi connectivity index (χ0) is 13.5. The quantitative estimate of drug-likeness (QED) is 0.647. The normalized spacial score (nSPS) is 10.7. The van der Waals surface area contributed by atoms with Gasteiger partial charge in [-0.15, -0.1) is 11.3 Å². The third kappa shape index (κ3) is 4.56. The molecule has 0 aliphatic carbocycles. The molecule has 5 heteroatoms. The first-order valence-corrected chi connectivity index (χ1v) is 6.82. The number of hydrogen-bond donors (Lipinski definition) is 2. The number of carbonyl (C=O) groups is 1. The van der Waals surface area contributed by atoms with E-state index in [0.717, 1.165) is 17.0 Å². The van der Waals surface area contributed by atoms with Crippen LogP contribution in [-0.2, 0) is 11.2 Å². The van der Waals surface area contributed by atoms with Gasteiger partial charge in [-0.25, -0.2) is 4.98 Å². The maximum Gasteiger partial charge on any atom is 0.244 e. The van der Waals surface area contributed by atoms with Gasteiger partial charge in [0.15, 0.2) is 0 Å². The molecule has 4 nitrogen and oxygen atoms in total. The van der Waals surface area contributed by atoms with Gasteiger partial charge >= 0.3 is 0 Å². The number of anilines is 1. The first-order chi connectivity index (χ1) is 9.24. The van der Waals surface area contributed by atoms with Gasteiger partial charge in [0, 0.05) is 36.3 Å². The molecular formula is C14H15N3OS. The van der Waals surface area contributed by atoms with Crippen molar-refractivity contribution in [2.24, 2.45) is 0 Å². The largest absolute Gasteiger partial charge is 0.399 e. The lowest BCUT2D eigenvalue weighted by Gasteiger charge is -1.99. The van der Waals surface area contributed by atoms with E-state index in [4.69, 9.17) is 5.73 Å². The molecule has 0 saturated heterocycles. The summed E-state index contributed by atoms with van der Waals surface area (Å²) in [4.78, 5) is 15.7. The van der Waals surface area contributed by atoms with Crippen LogP contribution in [-0.4, -0.2) is 17.4 Å². The highest BCUT2D eigenvalue weighted by molar-refractivity contribution is 7.09. The molecule has 98 valence electrons. The monoisotopic (exact) mass is 273 g/mol. The third-order valence-corrected chi connectivity index (χ3v) is 3.32. The van der Waals surface area contributed by atoms with Crippen molar-refractivity contribution in [1.29, 1.82) is 0 Å². The molecule has 0 spiro atoms. The van der Waals surface area contributed by atoms with Crippen molar-refractivity contribution in [3.05, 3.63) is 52.5 Å². The Bertz CT molecular complexity index is 547. The van der Waals surface area contributed by atoms with Crippen LogP contribution in [0.3, 0.4) is 0 Å². The van der Waals surface area contributed by atoms with Crippen molar-refractivity contribution in [2.75, 3.05) is 12.3 Å². The second-order valence-corrected chi connectivity index (χ2v) is 4.95. The van der Waals surface area contributed by atoms with Crippen molar-refractivity contribution in [3.63, 3.8) is 0 Å². The average Bonchev–Trinajstić information content (AvgIpc) is 2.91. The summed E-state index contributed by atoms with van der Waals surface area (Å²) >= 11 is 1.59. The SMILES string of the molecule is Nc1ccc(/C=C/C(=O)NCCc2nccs2)cc1. The number of thiazole rings is 1. The van der Waals surface area contributed by atoms with Crippen molar-refractivity contribution >= 4 is 29.0 Å². The number of aromatic nitrogens is 1. The number of nitrogens with two attached hydrogens (primary N) is 1. The third-order valence-electron chi connectivity index (χ3n) is 2.49. The molecule has 2 aromatic rings. The lowest BCUT2D eigenvalue weighted by Crippen LogP contribution is -2.23. The van der Waals surface area contributed by atoms with Gasteiger partial charge in [0.1, 0.15) is 0 Å². The molecule has 0 saturated carbocycles. The molecule has 1 amide bonds. The van der Waals surface area contributed by atoms with E-state index in [2.05, 4.69) is 10.3 Å². The summed E-state index contributed by atoms with van der Waals surface area (Å²) in [7, 11) is 0. The van der Waals surface area contributed by atoms with E-state index in [1.165, 1.54) is 6.08 Å². The highest BCUT2D eigenvalue weighted by Crippen LogP contribution is 2.07. The van der Waals surface area contributed by atoms with Gasteiger partial charge in [-0.2, -0.15) is 0 Å². The molecule has 0 aliphatic rings. The van der Waals surface area contributed by atoms with Crippen LogP contribution in [0.4, 0.5) is 5.69 Å². The molecule has 0 atom stereocenters. The molecule has 3 N–H and O–H groups in total. The Labute approximate surface area is 116 Å². The van der Waals surface area contributed by atoms with Crippen LogP contribution in [0.5, 0.6) is 0 Å². The molecule has 1 heterocycles. The van der Waals surface area contributed by atoms with Crippen LogP contribution in [0.25, 0.3) is 6.08 Å². The fraction of sp³-hybridized carbons (Fsp3) is 0.143. The maximum absolute atomic E-state index is 11.6. The highest BCUT2D eigenvalue weighted by atomic mass is 32.1. The first-order valence-electron chi connectivity index (χ1n) is 5.94. The summed E-state index contributed by atoms with van der Waals surface area (Å²) in [6.07, 6.45) is 5.81. The van der Waals surface area contributed by atoms with E-state index in [1.54, 1.807) is 35.7 Å². The van der Waals surface area contributed by atoms with Gasteiger partial charge in [0.05, 0.1) is 5.01 Å². The van der Waals surface area contributed by atoms with E-state index in [-0.39, 0.29) is 5.91 Å². The van der Waals surface area contributed by atoms with Gasteiger partial charge in [0.2, 0.25) is 5.91 Å². The van der Waals surface area contributed by atoms with Crippen molar-refractivity contribution in [1.82, 2.24) is 10.3 Å². The number of nitrogen functional groups attached to an aromatic ring is 1. The average molecular weight is 273 g/mol. The van der Waals surface area contributed by atoms with Crippen molar-refractivity contribution < 1.29 is 4.79 Å². The molecule has 0 aliphatic heterocycles. The van der Waals surface area contributed by atoms with Gasteiger partial charge in [-0.05, 0) is 23.8 Å². The molecule has 0 radical (unpaired) electrons. The standard InChI is InChI=1S/C14H15N3OS/c15-12-4-1-11(2-5-12)3-6-13(18)16-8-7-14-17-9-10-19-14/h1-6,9-10H,7-8,15H2,(H,16,18)/b6-3+. The van der Waals surface area contributed by atoms with Crippen molar-refractivity contribution in [3.8, 4) is 0 Å². The highest BCUT2D eigenvalue weighted by Gasteiger charge is 1.98. The Morgan fingerprint density at radius 1 is 1.37 bits per heavy atom. The molecule has 0 fully saturated rings. The number of benzene rings is 1. The first kappa shape index (κ1) is 13.3. The van der Waals surface area contributed by atoms with Crippen LogP contribution in [0.1, 0.15) is 10.6 Å². The fourth-order valence-electron chi connectivity index (χ4n) is 1.51. The van der Waals surface area contributed by atoms with Crippen LogP contribution < -0.4 is 11.1 Å². The van der Waals surface area contributed by atoms with E-state index in [9.17, 15) is 4.79 Å². The van der Waals surface area contributed by atoms with Crippen LogP contribution in [0.15, 0.2) is 41.9 Å². The van der Waals surface area contributed by atoms with E-state index >= 15 is 0 Å². The zero-order valence-electron chi connectivity index (χ0n) is 10.4. The lowest BCUT2D eigenvalue weighted by atomic mass is 10.2. The van der Waals surface area contributed by atoms with Crippen molar-refractivity contribution in [2.45, 2.75) is 6.42 Å². The molecule has 1 aromatic carbocycles. The smallest absolute Gasteiger partial charge is 0.244 e. The van der Waals surface area contributed by atoms with E-state index in [0.29, 0.717) is 12.2 Å².